The molecule has 0 radical (unpaired) electrons. The first-order valence-electron chi connectivity index (χ1n) is 10.9. The molecule has 1 atom stereocenters. The molecule has 9 heteroatoms. The van der Waals surface area contributed by atoms with Crippen LogP contribution in [0.15, 0.2) is 46.1 Å². The zero-order chi connectivity index (χ0) is 21.5. The number of piperazine rings is 1. The molecule has 1 N–H and O–H groups in total. The highest BCUT2D eigenvalue weighted by atomic mass is 19.1. The molecule has 0 amide bonds. The van der Waals surface area contributed by atoms with E-state index in [4.69, 9.17) is 9.26 Å². The molecule has 4 rings (SSSR count). The molecule has 1 unspecified atom stereocenters. The van der Waals surface area contributed by atoms with Crippen molar-refractivity contribution in [2.24, 2.45) is 4.99 Å². The van der Waals surface area contributed by atoms with Gasteiger partial charge in [0, 0.05) is 65.5 Å². The molecule has 31 heavy (non-hydrogen) atoms. The minimum absolute atomic E-state index is 0.134. The minimum Gasteiger partial charge on any atom is -0.379 e. The molecule has 2 aromatic rings. The lowest BCUT2D eigenvalue weighted by molar-refractivity contribution is 0.0168. The van der Waals surface area contributed by atoms with Crippen LogP contribution in [0.4, 0.5) is 4.39 Å². The van der Waals surface area contributed by atoms with Crippen LogP contribution in [0.5, 0.6) is 0 Å². The number of nitrogens with zero attached hydrogens (tertiary/aromatic N) is 5. The second-order valence-corrected chi connectivity index (χ2v) is 7.90. The highest BCUT2D eigenvalue weighted by Crippen LogP contribution is 2.22. The number of hydrogen-bond donors (Lipinski definition) is 1. The summed E-state index contributed by atoms with van der Waals surface area (Å²) in [6.45, 7) is 8.37. The SMILES string of the molecule is CN=C(NCC(c1ccc(F)cc1)N1CCOCC1)N1CCN(Cc2ccon2)CC1. The van der Waals surface area contributed by atoms with Crippen molar-refractivity contribution < 1.29 is 13.7 Å². The standard InChI is InChI=1S/C22H31FN6O2/c1-24-22(29-9-7-27(8-10-29)17-20-6-13-31-26-20)25-16-21(28-11-14-30-15-12-28)18-2-4-19(23)5-3-18/h2-6,13,21H,7-12,14-17H2,1H3,(H,24,25). The minimum atomic E-state index is -0.211. The smallest absolute Gasteiger partial charge is 0.193 e. The van der Waals surface area contributed by atoms with Gasteiger partial charge in [0.1, 0.15) is 12.1 Å². The summed E-state index contributed by atoms with van der Waals surface area (Å²) >= 11 is 0. The van der Waals surface area contributed by atoms with Crippen molar-refractivity contribution in [3.05, 3.63) is 53.7 Å². The Labute approximate surface area is 182 Å². The fourth-order valence-electron chi connectivity index (χ4n) is 4.22. The monoisotopic (exact) mass is 430 g/mol. The lowest BCUT2D eigenvalue weighted by atomic mass is 10.0. The van der Waals surface area contributed by atoms with Crippen LogP contribution in [-0.2, 0) is 11.3 Å². The van der Waals surface area contributed by atoms with E-state index in [2.05, 4.69) is 30.2 Å². The van der Waals surface area contributed by atoms with Crippen molar-refractivity contribution in [1.82, 2.24) is 25.2 Å². The van der Waals surface area contributed by atoms with Crippen LogP contribution in [0.1, 0.15) is 17.3 Å². The maximum Gasteiger partial charge on any atom is 0.193 e. The van der Waals surface area contributed by atoms with E-state index in [0.29, 0.717) is 6.54 Å². The van der Waals surface area contributed by atoms with Gasteiger partial charge in [-0.15, -0.1) is 0 Å². The van der Waals surface area contributed by atoms with Crippen molar-refractivity contribution >= 4 is 5.96 Å². The lowest BCUT2D eigenvalue weighted by Gasteiger charge is -2.38. The molecular formula is C22H31FN6O2. The fraction of sp³-hybridized carbons (Fsp3) is 0.545. The van der Waals surface area contributed by atoms with Crippen LogP contribution in [0.25, 0.3) is 0 Å². The first-order valence-corrected chi connectivity index (χ1v) is 10.9. The molecule has 1 aromatic carbocycles. The number of aliphatic imine (C=N–C) groups is 1. The zero-order valence-electron chi connectivity index (χ0n) is 18.0. The molecule has 1 aromatic heterocycles. The third-order valence-electron chi connectivity index (χ3n) is 5.96. The van der Waals surface area contributed by atoms with Gasteiger partial charge in [0.25, 0.3) is 0 Å². The molecule has 3 heterocycles. The van der Waals surface area contributed by atoms with Crippen molar-refractivity contribution in [2.75, 3.05) is 66.1 Å². The van der Waals surface area contributed by atoms with Gasteiger partial charge in [-0.2, -0.15) is 0 Å². The predicted octanol–water partition coefficient (Wildman–Crippen LogP) is 1.58. The fourth-order valence-corrected chi connectivity index (χ4v) is 4.22. The molecule has 2 aliphatic rings. The van der Waals surface area contributed by atoms with Crippen LogP contribution in [-0.4, -0.2) is 91.9 Å². The number of benzene rings is 1. The Kier molecular flexibility index (Phi) is 7.50. The molecule has 2 saturated heterocycles. The van der Waals surface area contributed by atoms with Gasteiger partial charge < -0.3 is 19.5 Å². The van der Waals surface area contributed by atoms with E-state index in [1.165, 1.54) is 12.1 Å². The largest absolute Gasteiger partial charge is 0.379 e. The lowest BCUT2D eigenvalue weighted by Crippen LogP contribution is -2.53. The zero-order valence-corrected chi connectivity index (χ0v) is 18.0. The van der Waals surface area contributed by atoms with Gasteiger partial charge in [-0.05, 0) is 17.7 Å². The summed E-state index contributed by atoms with van der Waals surface area (Å²) < 4.78 is 23.9. The van der Waals surface area contributed by atoms with Gasteiger partial charge in [-0.3, -0.25) is 14.8 Å². The number of ether oxygens (including phenoxy) is 1. The van der Waals surface area contributed by atoms with Crippen molar-refractivity contribution in [1.29, 1.82) is 0 Å². The molecule has 0 aliphatic carbocycles. The van der Waals surface area contributed by atoms with Gasteiger partial charge in [0.2, 0.25) is 0 Å². The third kappa shape index (κ3) is 5.81. The van der Waals surface area contributed by atoms with E-state index in [9.17, 15) is 4.39 Å². The summed E-state index contributed by atoms with van der Waals surface area (Å²) in [6, 6.07) is 8.87. The Bertz CT molecular complexity index is 815. The Balaban J connectivity index is 1.34. The van der Waals surface area contributed by atoms with Gasteiger partial charge in [0.05, 0.1) is 24.9 Å². The molecular weight excluding hydrogens is 399 g/mol. The Morgan fingerprint density at radius 3 is 2.48 bits per heavy atom. The third-order valence-corrected chi connectivity index (χ3v) is 5.96. The average Bonchev–Trinajstić information content (AvgIpc) is 3.32. The van der Waals surface area contributed by atoms with Crippen molar-refractivity contribution in [3.63, 3.8) is 0 Å². The maximum absolute atomic E-state index is 13.5. The molecule has 2 aliphatic heterocycles. The molecule has 2 fully saturated rings. The average molecular weight is 431 g/mol. The van der Waals surface area contributed by atoms with Crippen LogP contribution in [0.2, 0.25) is 0 Å². The number of nitrogens with one attached hydrogen (secondary N) is 1. The number of guanidine groups is 1. The summed E-state index contributed by atoms with van der Waals surface area (Å²) in [7, 11) is 1.83. The van der Waals surface area contributed by atoms with E-state index in [1.807, 2.05) is 25.2 Å². The van der Waals surface area contributed by atoms with Crippen molar-refractivity contribution in [2.45, 2.75) is 12.6 Å². The van der Waals surface area contributed by atoms with Crippen LogP contribution < -0.4 is 5.32 Å². The quantitative estimate of drug-likeness (QED) is 0.551. The van der Waals surface area contributed by atoms with Gasteiger partial charge >= 0.3 is 0 Å². The van der Waals surface area contributed by atoms with Gasteiger partial charge in [-0.25, -0.2) is 4.39 Å². The number of halogens is 1. The van der Waals surface area contributed by atoms with E-state index in [1.54, 1.807) is 6.26 Å². The molecule has 8 nitrogen and oxygen atoms in total. The highest BCUT2D eigenvalue weighted by molar-refractivity contribution is 5.80. The van der Waals surface area contributed by atoms with E-state index in [0.717, 1.165) is 76.2 Å². The summed E-state index contributed by atoms with van der Waals surface area (Å²) in [6.07, 6.45) is 1.61. The summed E-state index contributed by atoms with van der Waals surface area (Å²) in [5, 5.41) is 7.57. The van der Waals surface area contributed by atoms with Gasteiger partial charge in [0.15, 0.2) is 5.96 Å². The molecule has 0 bridgehead atoms. The number of aromatic nitrogens is 1. The van der Waals surface area contributed by atoms with Crippen LogP contribution in [0, 0.1) is 5.82 Å². The normalized spacial score (nSPS) is 20.1. The predicted molar refractivity (Wildman–Crippen MR) is 116 cm³/mol. The van der Waals surface area contributed by atoms with E-state index < -0.39 is 0 Å². The second-order valence-electron chi connectivity index (χ2n) is 7.90. The highest BCUT2D eigenvalue weighted by Gasteiger charge is 2.25. The summed E-state index contributed by atoms with van der Waals surface area (Å²) in [4.78, 5) is 11.6. The van der Waals surface area contributed by atoms with E-state index in [-0.39, 0.29) is 11.9 Å². The Morgan fingerprint density at radius 1 is 1.10 bits per heavy atom. The number of morpholine rings is 1. The first-order chi connectivity index (χ1) is 15.2. The Morgan fingerprint density at radius 2 is 1.84 bits per heavy atom. The second kappa shape index (κ2) is 10.7. The van der Waals surface area contributed by atoms with Crippen molar-refractivity contribution in [3.8, 4) is 0 Å². The molecule has 168 valence electrons. The van der Waals surface area contributed by atoms with E-state index >= 15 is 0 Å². The van der Waals surface area contributed by atoms with Crippen LogP contribution >= 0.6 is 0 Å². The number of hydrogen-bond acceptors (Lipinski definition) is 6. The topological polar surface area (TPSA) is 69.4 Å². The first kappa shape index (κ1) is 21.7. The van der Waals surface area contributed by atoms with Crippen LogP contribution in [0.3, 0.4) is 0 Å². The molecule has 0 saturated carbocycles. The molecule has 0 spiro atoms. The Hall–Kier alpha value is -2.49. The summed E-state index contributed by atoms with van der Waals surface area (Å²) in [5.74, 6) is 0.693. The summed E-state index contributed by atoms with van der Waals surface area (Å²) in [5.41, 5.74) is 2.06. The maximum atomic E-state index is 13.5. The van der Waals surface area contributed by atoms with Gasteiger partial charge in [-0.1, -0.05) is 17.3 Å². The number of rotatable bonds is 6.